The zero-order valence-electron chi connectivity index (χ0n) is 16.8. The lowest BCUT2D eigenvalue weighted by Crippen LogP contribution is -2.41. The van der Waals surface area contributed by atoms with Gasteiger partial charge in [0.2, 0.25) is 11.8 Å². The highest BCUT2D eigenvalue weighted by molar-refractivity contribution is 5.95. The van der Waals surface area contributed by atoms with Crippen LogP contribution in [0.4, 0.5) is 5.69 Å². The maximum atomic E-state index is 12.5. The molecule has 0 radical (unpaired) electrons. The summed E-state index contributed by atoms with van der Waals surface area (Å²) in [6.07, 6.45) is 5.21. The molecule has 2 fully saturated rings. The molecule has 1 aromatic carbocycles. The number of rotatable bonds is 5. The summed E-state index contributed by atoms with van der Waals surface area (Å²) in [6, 6.07) is 5.30. The molecule has 2 atom stereocenters. The van der Waals surface area contributed by atoms with E-state index in [2.05, 4.69) is 22.8 Å². The first kappa shape index (κ1) is 21.7. The normalized spacial score (nSPS) is 23.5. The molecule has 2 aliphatic heterocycles. The van der Waals surface area contributed by atoms with E-state index in [0.717, 1.165) is 29.7 Å². The number of fused-ring (bicyclic) bond motifs is 2. The molecule has 2 amide bonds. The van der Waals surface area contributed by atoms with Crippen molar-refractivity contribution >= 4 is 29.9 Å². The van der Waals surface area contributed by atoms with Gasteiger partial charge in [0.05, 0.1) is 6.54 Å². The number of likely N-dealkylation sites (N-methyl/N-ethyl adjacent to an activating group) is 1. The average molecular weight is 394 g/mol. The van der Waals surface area contributed by atoms with Gasteiger partial charge in [0.1, 0.15) is 0 Å². The highest BCUT2D eigenvalue weighted by Gasteiger charge is 2.34. The van der Waals surface area contributed by atoms with Gasteiger partial charge in [0, 0.05) is 31.2 Å². The zero-order valence-corrected chi connectivity index (χ0v) is 17.6. The van der Waals surface area contributed by atoms with Crippen LogP contribution in [0.2, 0.25) is 0 Å². The summed E-state index contributed by atoms with van der Waals surface area (Å²) in [6.45, 7) is 6.14. The van der Waals surface area contributed by atoms with Gasteiger partial charge in [-0.05, 0) is 63.5 Å². The smallest absolute Gasteiger partial charge is 0.243 e. The van der Waals surface area contributed by atoms with Crippen LogP contribution in [-0.4, -0.2) is 42.4 Å². The standard InChI is InChI=1S/C21H31N3O2.ClH/c1-13-7-14(2)21(15(3)8-13)23-19(25)12-24(4)20(26)11-16-9-17-5-6-18(10-16)22-17;/h7-8,16-18,22H,5-6,9-12H2,1-4H3,(H,23,25);1H. The first-order valence-corrected chi connectivity index (χ1v) is 9.69. The lowest BCUT2D eigenvalue weighted by molar-refractivity contribution is -0.134. The monoisotopic (exact) mass is 393 g/mol. The van der Waals surface area contributed by atoms with Gasteiger partial charge in [-0.3, -0.25) is 9.59 Å². The molecule has 2 unspecified atom stereocenters. The number of halogens is 1. The van der Waals surface area contributed by atoms with E-state index >= 15 is 0 Å². The fraction of sp³-hybridized carbons (Fsp3) is 0.619. The van der Waals surface area contributed by atoms with Crippen molar-refractivity contribution in [1.29, 1.82) is 0 Å². The van der Waals surface area contributed by atoms with Crippen molar-refractivity contribution in [3.05, 3.63) is 28.8 Å². The SMILES string of the molecule is Cc1cc(C)c(NC(=O)CN(C)C(=O)CC2CC3CCC(C2)N3)c(C)c1.Cl. The Bertz CT molecular complexity index is 672. The Balaban J connectivity index is 0.00000261. The summed E-state index contributed by atoms with van der Waals surface area (Å²) < 4.78 is 0. The predicted molar refractivity (Wildman–Crippen MR) is 111 cm³/mol. The Labute approximate surface area is 168 Å². The lowest BCUT2D eigenvalue weighted by atomic mass is 9.89. The minimum Gasteiger partial charge on any atom is -0.336 e. The second-order valence-corrected chi connectivity index (χ2v) is 8.25. The number of carbonyl (C=O) groups excluding carboxylic acids is 2. The molecule has 0 spiro atoms. The van der Waals surface area contributed by atoms with E-state index in [4.69, 9.17) is 0 Å². The van der Waals surface area contributed by atoms with Crippen molar-refractivity contribution in [1.82, 2.24) is 10.2 Å². The van der Waals surface area contributed by atoms with Gasteiger partial charge in [-0.2, -0.15) is 0 Å². The molecule has 6 heteroatoms. The summed E-state index contributed by atoms with van der Waals surface area (Å²) in [7, 11) is 1.73. The molecule has 2 bridgehead atoms. The van der Waals surface area contributed by atoms with Gasteiger partial charge < -0.3 is 15.5 Å². The van der Waals surface area contributed by atoms with Crippen LogP contribution in [0.3, 0.4) is 0 Å². The number of carbonyl (C=O) groups is 2. The number of aryl methyl sites for hydroxylation is 3. The van der Waals surface area contributed by atoms with Crippen molar-refractivity contribution in [3.63, 3.8) is 0 Å². The van der Waals surface area contributed by atoms with Crippen LogP contribution in [0.5, 0.6) is 0 Å². The zero-order chi connectivity index (χ0) is 18.8. The summed E-state index contributed by atoms with van der Waals surface area (Å²) in [5.41, 5.74) is 4.14. The fourth-order valence-electron chi connectivity index (χ4n) is 4.60. The second-order valence-electron chi connectivity index (χ2n) is 8.25. The van der Waals surface area contributed by atoms with Crippen molar-refractivity contribution in [2.24, 2.45) is 5.92 Å². The molecule has 1 aromatic rings. The van der Waals surface area contributed by atoms with Crippen molar-refractivity contribution in [3.8, 4) is 0 Å². The van der Waals surface area contributed by atoms with Gasteiger partial charge in [-0.1, -0.05) is 17.7 Å². The fourth-order valence-corrected chi connectivity index (χ4v) is 4.60. The van der Waals surface area contributed by atoms with E-state index in [9.17, 15) is 9.59 Å². The van der Waals surface area contributed by atoms with Gasteiger partial charge in [0.15, 0.2) is 0 Å². The Morgan fingerprint density at radius 3 is 2.22 bits per heavy atom. The van der Waals surface area contributed by atoms with Crippen LogP contribution in [0, 0.1) is 26.7 Å². The summed E-state index contributed by atoms with van der Waals surface area (Å²) in [5.74, 6) is 0.387. The number of piperidine rings is 1. The van der Waals surface area contributed by atoms with E-state index < -0.39 is 0 Å². The molecule has 2 N–H and O–H groups in total. The molecule has 0 aliphatic carbocycles. The molecule has 2 aliphatic rings. The van der Waals surface area contributed by atoms with Gasteiger partial charge in [0.25, 0.3) is 0 Å². The topological polar surface area (TPSA) is 61.4 Å². The molecule has 2 saturated heterocycles. The summed E-state index contributed by atoms with van der Waals surface area (Å²) in [4.78, 5) is 26.5. The number of benzene rings is 1. The number of hydrogen-bond donors (Lipinski definition) is 2. The maximum absolute atomic E-state index is 12.5. The second kappa shape index (κ2) is 9.07. The number of nitrogens with zero attached hydrogens (tertiary/aromatic N) is 1. The molecule has 5 nitrogen and oxygen atoms in total. The molecular weight excluding hydrogens is 362 g/mol. The van der Waals surface area contributed by atoms with Crippen LogP contribution in [-0.2, 0) is 9.59 Å². The molecule has 2 heterocycles. The third kappa shape index (κ3) is 5.45. The molecule has 3 rings (SSSR count). The van der Waals surface area contributed by atoms with E-state index in [1.807, 2.05) is 20.8 Å². The van der Waals surface area contributed by atoms with Gasteiger partial charge in [-0.15, -0.1) is 12.4 Å². The van der Waals surface area contributed by atoms with E-state index in [1.54, 1.807) is 11.9 Å². The first-order valence-electron chi connectivity index (χ1n) is 9.69. The Morgan fingerprint density at radius 1 is 1.11 bits per heavy atom. The third-order valence-corrected chi connectivity index (χ3v) is 5.78. The predicted octanol–water partition coefficient (Wildman–Crippen LogP) is 3.35. The third-order valence-electron chi connectivity index (χ3n) is 5.78. The van der Waals surface area contributed by atoms with Crippen LogP contribution in [0.1, 0.15) is 48.8 Å². The van der Waals surface area contributed by atoms with Gasteiger partial charge >= 0.3 is 0 Å². The number of anilines is 1. The molecular formula is C21H32ClN3O2. The van der Waals surface area contributed by atoms with Crippen molar-refractivity contribution in [2.75, 3.05) is 18.9 Å². The molecule has 0 saturated carbocycles. The highest BCUT2D eigenvalue weighted by atomic mass is 35.5. The van der Waals surface area contributed by atoms with Crippen LogP contribution in [0.15, 0.2) is 12.1 Å². The highest BCUT2D eigenvalue weighted by Crippen LogP contribution is 2.32. The van der Waals surface area contributed by atoms with Crippen molar-refractivity contribution in [2.45, 2.75) is 65.0 Å². The maximum Gasteiger partial charge on any atom is 0.243 e. The van der Waals surface area contributed by atoms with Crippen LogP contribution < -0.4 is 10.6 Å². The van der Waals surface area contributed by atoms with Crippen LogP contribution >= 0.6 is 12.4 Å². The van der Waals surface area contributed by atoms with Crippen LogP contribution in [0.25, 0.3) is 0 Å². The van der Waals surface area contributed by atoms with E-state index in [-0.39, 0.29) is 30.8 Å². The summed E-state index contributed by atoms with van der Waals surface area (Å²) >= 11 is 0. The number of amides is 2. The summed E-state index contributed by atoms with van der Waals surface area (Å²) in [5, 5.41) is 6.58. The first-order chi connectivity index (χ1) is 12.3. The van der Waals surface area contributed by atoms with E-state index in [1.165, 1.54) is 18.4 Å². The van der Waals surface area contributed by atoms with E-state index in [0.29, 0.717) is 24.4 Å². The minimum absolute atomic E-state index is 0. The molecule has 0 aromatic heterocycles. The number of nitrogens with one attached hydrogen (secondary N) is 2. The minimum atomic E-state index is -0.138. The Morgan fingerprint density at radius 2 is 1.67 bits per heavy atom. The molecule has 27 heavy (non-hydrogen) atoms. The Kier molecular flexibility index (Phi) is 7.29. The van der Waals surface area contributed by atoms with Crippen molar-refractivity contribution < 1.29 is 9.59 Å². The average Bonchev–Trinajstić information content (AvgIpc) is 2.89. The Hall–Kier alpha value is -1.59. The number of hydrogen-bond acceptors (Lipinski definition) is 3. The molecule has 150 valence electrons. The largest absolute Gasteiger partial charge is 0.336 e. The lowest BCUT2D eigenvalue weighted by Gasteiger charge is -2.29. The van der Waals surface area contributed by atoms with Gasteiger partial charge in [-0.25, -0.2) is 0 Å². The quantitative estimate of drug-likeness (QED) is 0.806.